The second-order valence-corrected chi connectivity index (χ2v) is 3.93. The van der Waals surface area contributed by atoms with Gasteiger partial charge in [0.05, 0.1) is 11.9 Å². The molecular formula is C11H20N4O. The van der Waals surface area contributed by atoms with Crippen molar-refractivity contribution >= 4 is 17.4 Å². The van der Waals surface area contributed by atoms with E-state index in [-0.39, 0.29) is 5.91 Å². The van der Waals surface area contributed by atoms with Crippen molar-refractivity contribution < 1.29 is 4.79 Å². The summed E-state index contributed by atoms with van der Waals surface area (Å²) in [6.45, 7) is 2.15. The van der Waals surface area contributed by atoms with Crippen LogP contribution < -0.4 is 11.1 Å². The van der Waals surface area contributed by atoms with Gasteiger partial charge < -0.3 is 11.1 Å². The molecule has 0 atom stereocenters. The van der Waals surface area contributed by atoms with E-state index in [1.54, 1.807) is 11.7 Å². The number of carbonyl (C=O) groups excluding carboxylic acids is 1. The molecule has 0 bridgehead atoms. The van der Waals surface area contributed by atoms with E-state index >= 15 is 0 Å². The molecule has 0 aromatic carbocycles. The van der Waals surface area contributed by atoms with Crippen LogP contribution in [0.4, 0.5) is 11.5 Å². The summed E-state index contributed by atoms with van der Waals surface area (Å²) in [4.78, 5) is 11.6. The number of nitrogens with two attached hydrogens (primary N) is 1. The minimum Gasteiger partial charge on any atom is -0.394 e. The quantitative estimate of drug-likeness (QED) is 0.725. The lowest BCUT2D eigenvalue weighted by Crippen LogP contribution is -2.15. The Hall–Kier alpha value is -1.52. The topological polar surface area (TPSA) is 72.9 Å². The number of carbonyl (C=O) groups is 1. The van der Waals surface area contributed by atoms with E-state index < -0.39 is 0 Å². The number of amides is 1. The van der Waals surface area contributed by atoms with Crippen LogP contribution in [-0.2, 0) is 11.8 Å². The SMILES string of the molecule is CCCCCCC(=O)Nc1c(N)cnn1C. The van der Waals surface area contributed by atoms with E-state index in [1.807, 2.05) is 0 Å². The van der Waals surface area contributed by atoms with E-state index in [1.165, 1.54) is 19.0 Å². The van der Waals surface area contributed by atoms with Crippen molar-refractivity contribution in [1.29, 1.82) is 0 Å². The summed E-state index contributed by atoms with van der Waals surface area (Å²) in [7, 11) is 1.75. The second-order valence-electron chi connectivity index (χ2n) is 3.93. The number of nitrogen functional groups attached to an aromatic ring is 1. The Morgan fingerprint density at radius 2 is 2.25 bits per heavy atom. The maximum atomic E-state index is 11.6. The summed E-state index contributed by atoms with van der Waals surface area (Å²) in [6.07, 6.45) is 6.47. The van der Waals surface area contributed by atoms with Crippen molar-refractivity contribution in [3.63, 3.8) is 0 Å². The standard InChI is InChI=1S/C11H20N4O/c1-3-4-5-6-7-10(16)14-11-9(12)8-13-15(11)2/h8H,3-7,12H2,1-2H3,(H,14,16). The Morgan fingerprint density at radius 1 is 1.50 bits per heavy atom. The van der Waals surface area contributed by atoms with Gasteiger partial charge in [0.15, 0.2) is 5.82 Å². The Kier molecular flexibility index (Phi) is 4.82. The van der Waals surface area contributed by atoms with Crippen molar-refractivity contribution in [2.24, 2.45) is 7.05 Å². The number of anilines is 2. The van der Waals surface area contributed by atoms with Crippen LogP contribution in [0.2, 0.25) is 0 Å². The number of nitrogens with zero attached hydrogens (tertiary/aromatic N) is 2. The third-order valence-electron chi connectivity index (χ3n) is 2.48. The Labute approximate surface area is 96.0 Å². The van der Waals surface area contributed by atoms with Gasteiger partial charge in [0.1, 0.15) is 0 Å². The number of hydrogen-bond donors (Lipinski definition) is 2. The molecule has 0 saturated heterocycles. The predicted molar refractivity (Wildman–Crippen MR) is 65.0 cm³/mol. The molecule has 1 aromatic heterocycles. The number of nitrogens with one attached hydrogen (secondary N) is 1. The average molecular weight is 224 g/mol. The normalized spacial score (nSPS) is 10.4. The van der Waals surface area contributed by atoms with Gasteiger partial charge in [-0.3, -0.25) is 9.48 Å². The lowest BCUT2D eigenvalue weighted by Gasteiger charge is -2.06. The molecule has 16 heavy (non-hydrogen) atoms. The third-order valence-corrected chi connectivity index (χ3v) is 2.48. The Bertz CT molecular complexity index is 326. The lowest BCUT2D eigenvalue weighted by atomic mass is 10.1. The van der Waals surface area contributed by atoms with Crippen LogP contribution in [-0.4, -0.2) is 15.7 Å². The van der Waals surface area contributed by atoms with Gasteiger partial charge in [0.2, 0.25) is 5.91 Å². The molecule has 0 fully saturated rings. The van der Waals surface area contributed by atoms with Crippen molar-refractivity contribution in [2.45, 2.75) is 39.0 Å². The monoisotopic (exact) mass is 224 g/mol. The van der Waals surface area contributed by atoms with Crippen LogP contribution in [0.1, 0.15) is 39.0 Å². The molecule has 0 aliphatic carbocycles. The first-order chi connectivity index (χ1) is 7.65. The lowest BCUT2D eigenvalue weighted by molar-refractivity contribution is -0.116. The summed E-state index contributed by atoms with van der Waals surface area (Å²) in [5.41, 5.74) is 6.17. The fourth-order valence-corrected chi connectivity index (χ4v) is 1.51. The van der Waals surface area contributed by atoms with Crippen LogP contribution in [0, 0.1) is 0 Å². The highest BCUT2D eigenvalue weighted by Gasteiger charge is 2.08. The first-order valence-corrected chi connectivity index (χ1v) is 5.72. The van der Waals surface area contributed by atoms with Crippen LogP contribution in [0.5, 0.6) is 0 Å². The molecule has 5 heteroatoms. The molecular weight excluding hydrogens is 204 g/mol. The fourth-order valence-electron chi connectivity index (χ4n) is 1.51. The largest absolute Gasteiger partial charge is 0.394 e. The molecule has 0 saturated carbocycles. The highest BCUT2D eigenvalue weighted by Crippen LogP contribution is 2.16. The van der Waals surface area contributed by atoms with Gasteiger partial charge in [-0.05, 0) is 6.42 Å². The first-order valence-electron chi connectivity index (χ1n) is 5.72. The van der Waals surface area contributed by atoms with Crippen molar-refractivity contribution in [1.82, 2.24) is 9.78 Å². The van der Waals surface area contributed by atoms with Gasteiger partial charge in [-0.25, -0.2) is 0 Å². The van der Waals surface area contributed by atoms with E-state index in [0.717, 1.165) is 12.8 Å². The van der Waals surface area contributed by atoms with Gasteiger partial charge in [-0.2, -0.15) is 5.10 Å². The fraction of sp³-hybridized carbons (Fsp3) is 0.636. The van der Waals surface area contributed by atoms with Crippen molar-refractivity contribution in [3.8, 4) is 0 Å². The number of rotatable bonds is 6. The first kappa shape index (κ1) is 12.5. The van der Waals surface area contributed by atoms with E-state index in [2.05, 4.69) is 17.3 Å². The third kappa shape index (κ3) is 3.56. The van der Waals surface area contributed by atoms with Gasteiger partial charge in [-0.1, -0.05) is 26.2 Å². The summed E-state index contributed by atoms with van der Waals surface area (Å²) in [6, 6.07) is 0. The van der Waals surface area contributed by atoms with Crippen molar-refractivity contribution in [2.75, 3.05) is 11.1 Å². The molecule has 1 rings (SSSR count). The molecule has 0 spiro atoms. The molecule has 3 N–H and O–H groups in total. The molecule has 1 heterocycles. The summed E-state index contributed by atoms with van der Waals surface area (Å²) < 4.78 is 1.57. The minimum atomic E-state index is 0.00593. The molecule has 1 aromatic rings. The highest BCUT2D eigenvalue weighted by molar-refractivity contribution is 5.92. The van der Waals surface area contributed by atoms with Crippen molar-refractivity contribution in [3.05, 3.63) is 6.20 Å². The van der Waals surface area contributed by atoms with Crippen LogP contribution in [0.25, 0.3) is 0 Å². The van der Waals surface area contributed by atoms with E-state index in [4.69, 9.17) is 5.73 Å². The molecule has 0 unspecified atom stereocenters. The second kappa shape index (κ2) is 6.15. The number of aryl methyl sites for hydroxylation is 1. The van der Waals surface area contributed by atoms with Gasteiger partial charge in [-0.15, -0.1) is 0 Å². The smallest absolute Gasteiger partial charge is 0.225 e. The zero-order valence-electron chi connectivity index (χ0n) is 9.99. The summed E-state index contributed by atoms with van der Waals surface area (Å²) >= 11 is 0. The number of aromatic nitrogens is 2. The summed E-state index contributed by atoms with van der Waals surface area (Å²) in [5, 5.41) is 6.73. The Balaban J connectivity index is 2.34. The summed E-state index contributed by atoms with van der Waals surface area (Å²) in [5.74, 6) is 0.590. The Morgan fingerprint density at radius 3 is 2.81 bits per heavy atom. The molecule has 0 aliphatic heterocycles. The van der Waals surface area contributed by atoms with E-state index in [9.17, 15) is 4.79 Å². The molecule has 0 radical (unpaired) electrons. The minimum absolute atomic E-state index is 0.00593. The molecule has 5 nitrogen and oxygen atoms in total. The maximum Gasteiger partial charge on any atom is 0.225 e. The highest BCUT2D eigenvalue weighted by atomic mass is 16.1. The van der Waals surface area contributed by atoms with Gasteiger partial charge >= 0.3 is 0 Å². The van der Waals surface area contributed by atoms with E-state index in [0.29, 0.717) is 17.9 Å². The van der Waals surface area contributed by atoms with Gasteiger partial charge in [0, 0.05) is 13.5 Å². The predicted octanol–water partition coefficient (Wildman–Crippen LogP) is 1.91. The molecule has 1 amide bonds. The zero-order valence-corrected chi connectivity index (χ0v) is 9.99. The number of unbranched alkanes of at least 4 members (excludes halogenated alkanes) is 3. The molecule has 0 aliphatic rings. The van der Waals surface area contributed by atoms with Crippen LogP contribution >= 0.6 is 0 Å². The number of hydrogen-bond acceptors (Lipinski definition) is 3. The zero-order chi connectivity index (χ0) is 12.0. The van der Waals surface area contributed by atoms with Gasteiger partial charge in [0.25, 0.3) is 0 Å². The average Bonchev–Trinajstić information content (AvgIpc) is 2.56. The molecule has 90 valence electrons. The maximum absolute atomic E-state index is 11.6. The van der Waals surface area contributed by atoms with Crippen LogP contribution in [0.15, 0.2) is 6.20 Å². The van der Waals surface area contributed by atoms with Crippen LogP contribution in [0.3, 0.4) is 0 Å².